The molecule has 1 aromatic carbocycles. The highest BCUT2D eigenvalue weighted by atomic mass is 32.2. The molecule has 0 bridgehead atoms. The van der Waals surface area contributed by atoms with Crippen LogP contribution >= 0.6 is 11.8 Å². The number of hydrogen-bond acceptors (Lipinski definition) is 4. The minimum atomic E-state index is -3.44. The molecule has 0 radical (unpaired) electrons. The Labute approximate surface area is 120 Å². The van der Waals surface area contributed by atoms with E-state index in [4.69, 9.17) is 0 Å². The van der Waals surface area contributed by atoms with Gasteiger partial charge in [0, 0.05) is 31.6 Å². The minimum Gasteiger partial charge on any atom is -0.377 e. The number of benzene rings is 1. The average molecular weight is 302 g/mol. The van der Waals surface area contributed by atoms with Crippen LogP contribution < -0.4 is 9.62 Å². The van der Waals surface area contributed by atoms with Crippen LogP contribution in [0.3, 0.4) is 0 Å². The molecule has 0 unspecified atom stereocenters. The van der Waals surface area contributed by atoms with Crippen LogP contribution in [-0.4, -0.2) is 40.6 Å². The van der Waals surface area contributed by atoms with E-state index in [2.05, 4.69) is 4.72 Å². The van der Waals surface area contributed by atoms with Gasteiger partial charge in [-0.05, 0) is 37.8 Å². The van der Waals surface area contributed by atoms with Gasteiger partial charge >= 0.3 is 0 Å². The molecular weight excluding hydrogens is 280 g/mol. The number of aryl methyl sites for hydroxylation is 1. The molecule has 108 valence electrons. The summed E-state index contributed by atoms with van der Waals surface area (Å²) in [6.07, 6.45) is 1.96. The Morgan fingerprint density at radius 2 is 2.00 bits per heavy atom. The van der Waals surface area contributed by atoms with Crippen LogP contribution in [0.2, 0.25) is 0 Å². The van der Waals surface area contributed by atoms with Crippen LogP contribution in [0, 0.1) is 6.92 Å². The summed E-state index contributed by atoms with van der Waals surface area (Å²) < 4.78 is 27.2. The highest BCUT2D eigenvalue weighted by Gasteiger charge is 2.18. The lowest BCUT2D eigenvalue weighted by Crippen LogP contribution is -2.34. The summed E-state index contributed by atoms with van der Waals surface area (Å²) in [5.74, 6) is 0.756. The van der Waals surface area contributed by atoms with Crippen molar-refractivity contribution in [3.05, 3.63) is 23.8 Å². The number of anilines is 1. The first-order valence-corrected chi connectivity index (χ1v) is 8.95. The van der Waals surface area contributed by atoms with Crippen molar-refractivity contribution < 1.29 is 8.42 Å². The third-order valence-electron chi connectivity index (χ3n) is 2.75. The summed E-state index contributed by atoms with van der Waals surface area (Å²) in [6, 6.07) is 5.12. The normalized spacial score (nSPS) is 13.3. The van der Waals surface area contributed by atoms with E-state index in [0.717, 1.165) is 17.0 Å². The second kappa shape index (κ2) is 6.63. The Kier molecular flexibility index (Phi) is 5.70. The Bertz CT molecular complexity index is 527. The first-order chi connectivity index (χ1) is 8.77. The molecule has 1 aromatic rings. The molecule has 1 N–H and O–H groups in total. The lowest BCUT2D eigenvalue weighted by Gasteiger charge is -2.18. The predicted octanol–water partition coefficient (Wildman–Crippen LogP) is 2.09. The molecule has 0 aliphatic carbocycles. The van der Waals surface area contributed by atoms with Crippen molar-refractivity contribution in [1.82, 2.24) is 4.72 Å². The molecule has 0 fully saturated rings. The van der Waals surface area contributed by atoms with Gasteiger partial charge in [-0.25, -0.2) is 13.1 Å². The van der Waals surface area contributed by atoms with Gasteiger partial charge in [0.1, 0.15) is 0 Å². The smallest absolute Gasteiger partial charge is 0.240 e. The third kappa shape index (κ3) is 4.40. The monoisotopic (exact) mass is 302 g/mol. The number of thioether (sulfide) groups is 1. The second-order valence-electron chi connectivity index (χ2n) is 4.82. The highest BCUT2D eigenvalue weighted by Crippen LogP contribution is 2.22. The molecule has 19 heavy (non-hydrogen) atoms. The Morgan fingerprint density at radius 1 is 1.37 bits per heavy atom. The summed E-state index contributed by atoms with van der Waals surface area (Å²) in [5.41, 5.74) is 1.97. The van der Waals surface area contributed by atoms with Crippen LogP contribution in [-0.2, 0) is 10.0 Å². The Balaban J connectivity index is 3.05. The van der Waals surface area contributed by atoms with Gasteiger partial charge in [0.25, 0.3) is 0 Å². The Hall–Kier alpha value is -0.720. The van der Waals surface area contributed by atoms with E-state index in [1.54, 1.807) is 23.9 Å². The van der Waals surface area contributed by atoms with Crippen molar-refractivity contribution in [3.8, 4) is 0 Å². The molecule has 1 atom stereocenters. The number of nitrogens with zero attached hydrogens (tertiary/aromatic N) is 1. The first kappa shape index (κ1) is 16.3. The number of sulfonamides is 1. The molecule has 0 amide bonds. The van der Waals surface area contributed by atoms with Crippen molar-refractivity contribution >= 4 is 27.5 Å². The van der Waals surface area contributed by atoms with Gasteiger partial charge < -0.3 is 4.90 Å². The predicted molar refractivity (Wildman–Crippen MR) is 83.7 cm³/mol. The molecule has 0 saturated heterocycles. The molecule has 6 heteroatoms. The van der Waals surface area contributed by atoms with E-state index in [1.807, 2.05) is 45.2 Å². The third-order valence-corrected chi connectivity index (χ3v) is 5.17. The number of rotatable bonds is 6. The summed E-state index contributed by atoms with van der Waals surface area (Å²) in [4.78, 5) is 2.23. The summed E-state index contributed by atoms with van der Waals surface area (Å²) in [5, 5.41) is 0. The maximum absolute atomic E-state index is 12.3. The quantitative estimate of drug-likeness (QED) is 0.874. The van der Waals surface area contributed by atoms with Gasteiger partial charge in [-0.1, -0.05) is 6.07 Å². The lowest BCUT2D eigenvalue weighted by atomic mass is 10.2. The first-order valence-electron chi connectivity index (χ1n) is 6.07. The van der Waals surface area contributed by atoms with Crippen LogP contribution in [0.4, 0.5) is 5.69 Å². The maximum Gasteiger partial charge on any atom is 0.240 e. The molecule has 1 rings (SSSR count). The molecule has 0 spiro atoms. The van der Waals surface area contributed by atoms with E-state index < -0.39 is 10.0 Å². The summed E-state index contributed by atoms with van der Waals surface area (Å²) >= 11 is 1.62. The number of nitrogens with one attached hydrogen (secondary N) is 1. The minimum absolute atomic E-state index is 0.0795. The average Bonchev–Trinajstić information content (AvgIpc) is 2.28. The van der Waals surface area contributed by atoms with Gasteiger partial charge in [-0.15, -0.1) is 0 Å². The zero-order valence-corrected chi connectivity index (χ0v) is 13.7. The molecule has 0 aromatic heterocycles. The van der Waals surface area contributed by atoms with E-state index in [0.29, 0.717) is 4.90 Å². The van der Waals surface area contributed by atoms with Crippen molar-refractivity contribution in [2.75, 3.05) is 31.0 Å². The van der Waals surface area contributed by atoms with Crippen molar-refractivity contribution in [2.24, 2.45) is 0 Å². The van der Waals surface area contributed by atoms with E-state index >= 15 is 0 Å². The van der Waals surface area contributed by atoms with Crippen molar-refractivity contribution in [2.45, 2.75) is 24.8 Å². The highest BCUT2D eigenvalue weighted by molar-refractivity contribution is 7.98. The van der Waals surface area contributed by atoms with Gasteiger partial charge in [-0.2, -0.15) is 11.8 Å². The fourth-order valence-electron chi connectivity index (χ4n) is 1.86. The van der Waals surface area contributed by atoms with E-state index in [1.165, 1.54) is 0 Å². The summed E-state index contributed by atoms with van der Waals surface area (Å²) in [7, 11) is 0.366. The van der Waals surface area contributed by atoms with Crippen LogP contribution in [0.1, 0.15) is 12.5 Å². The van der Waals surface area contributed by atoms with E-state index in [9.17, 15) is 8.42 Å². The molecule has 0 heterocycles. The van der Waals surface area contributed by atoms with Crippen molar-refractivity contribution in [3.63, 3.8) is 0 Å². The Morgan fingerprint density at radius 3 is 2.53 bits per heavy atom. The SMILES string of the molecule is CSC[C@H](C)NS(=O)(=O)c1ccc(C)c(N(C)C)c1. The van der Waals surface area contributed by atoms with Gasteiger partial charge in [-0.3, -0.25) is 0 Å². The maximum atomic E-state index is 12.3. The zero-order chi connectivity index (χ0) is 14.6. The second-order valence-corrected chi connectivity index (χ2v) is 7.45. The molecule has 4 nitrogen and oxygen atoms in total. The molecule has 0 aliphatic heterocycles. The van der Waals surface area contributed by atoms with Crippen molar-refractivity contribution in [1.29, 1.82) is 0 Å². The molecule has 0 aliphatic rings. The van der Waals surface area contributed by atoms with E-state index in [-0.39, 0.29) is 6.04 Å². The fraction of sp³-hybridized carbons (Fsp3) is 0.538. The van der Waals surface area contributed by atoms with Crippen LogP contribution in [0.15, 0.2) is 23.1 Å². The summed E-state index contributed by atoms with van der Waals surface area (Å²) in [6.45, 7) is 3.84. The van der Waals surface area contributed by atoms with Gasteiger partial charge in [0.15, 0.2) is 0 Å². The zero-order valence-electron chi connectivity index (χ0n) is 12.1. The van der Waals surface area contributed by atoms with Gasteiger partial charge in [0.05, 0.1) is 4.90 Å². The standard InChI is InChI=1S/C13H22N2O2S2/c1-10-6-7-12(8-13(10)15(3)4)19(16,17)14-11(2)9-18-5/h6-8,11,14H,9H2,1-5H3/t11-/m0/s1. The lowest BCUT2D eigenvalue weighted by molar-refractivity contribution is 0.571. The fourth-order valence-corrected chi connectivity index (χ4v) is 3.81. The van der Waals surface area contributed by atoms with Crippen LogP contribution in [0.5, 0.6) is 0 Å². The number of hydrogen-bond donors (Lipinski definition) is 1. The topological polar surface area (TPSA) is 49.4 Å². The molecule has 0 saturated carbocycles. The van der Waals surface area contributed by atoms with Gasteiger partial charge in [0.2, 0.25) is 10.0 Å². The molecular formula is C13H22N2O2S2. The van der Waals surface area contributed by atoms with Crippen LogP contribution in [0.25, 0.3) is 0 Å². The largest absolute Gasteiger partial charge is 0.377 e.